The summed E-state index contributed by atoms with van der Waals surface area (Å²) in [6.45, 7) is 29.2. The van der Waals surface area contributed by atoms with Gasteiger partial charge in [-0.05, 0) is 317 Å². The summed E-state index contributed by atoms with van der Waals surface area (Å²) >= 11 is 0. The van der Waals surface area contributed by atoms with Crippen LogP contribution in [0.15, 0.2) is 303 Å². The van der Waals surface area contributed by atoms with Crippen LogP contribution in [0.3, 0.4) is 0 Å². The number of amidine groups is 1. The van der Waals surface area contributed by atoms with Crippen LogP contribution in [-0.2, 0) is 10.0 Å². The van der Waals surface area contributed by atoms with Crippen LogP contribution in [0.4, 0.5) is 5.69 Å². The third kappa shape index (κ3) is 25.5. The van der Waals surface area contributed by atoms with E-state index in [9.17, 15) is 37.2 Å². The molecule has 13 heterocycles. The SMILES string of the molecule is Cc1ccc(/C=C/C2=NS(=O)(=O)c3ccccc3N2)cc1C.Cc1ccc(/C=C/c2nc3cnccc3c(=O)[nH]2)cc1C.Cc1ccc(/C=C/c2nc3ncccc3c(=O)o2)cc1C.Cc1ccc(/C=C/c2nc3ncncc3c(=O)[nH]2)cc1C.Cc1ccc(/C=C/c2nc3nnccc3c(=O)[nH]2)cc1C.Cc1ccc(C2CC2c2nc3ccncc3c(=O)[nH]2)cc1C.Cc1ccc(C2CC2c2nc3cnccc3c(=O)o2)cc1C. The van der Waals surface area contributed by atoms with Gasteiger partial charge in [-0.2, -0.15) is 18.5 Å². The van der Waals surface area contributed by atoms with Crippen molar-refractivity contribution in [1.29, 1.82) is 0 Å². The first kappa shape index (κ1) is 103. The first-order valence-electron chi connectivity index (χ1n) is 48.5. The number of aryl methyl sites for hydroxylation is 14. The minimum Gasteiger partial charge on any atom is -0.408 e. The molecule has 0 radical (unpaired) electrons. The number of pyridine rings is 4. The number of fused-ring (bicyclic) bond motifs is 7. The predicted octanol–water partition coefficient (Wildman–Crippen LogP) is 21.7. The molecule has 5 N–H and O–H groups in total. The molecule has 0 amide bonds. The Morgan fingerprint density at radius 3 is 1.33 bits per heavy atom. The summed E-state index contributed by atoms with van der Waals surface area (Å²) in [5.41, 5.74) is 27.6. The summed E-state index contributed by atoms with van der Waals surface area (Å²) in [5.74, 6) is 4.73. The van der Waals surface area contributed by atoms with Gasteiger partial charge in [-0.25, -0.2) is 49.5 Å². The average Bonchev–Trinajstić information content (AvgIpc) is 1.61. The number of nitrogens with one attached hydrogen (secondary N) is 5. The molecule has 0 spiro atoms. The van der Waals surface area contributed by atoms with Crippen molar-refractivity contribution in [3.8, 4) is 0 Å². The minimum absolute atomic E-state index is 0.0983. The van der Waals surface area contributed by atoms with Gasteiger partial charge in [0.25, 0.3) is 32.3 Å². The molecule has 2 saturated carbocycles. The Labute approximate surface area is 862 Å². The zero-order valence-electron chi connectivity index (χ0n) is 84.9. The Morgan fingerprint density at radius 2 is 0.767 bits per heavy atom. The van der Waals surface area contributed by atoms with Crippen molar-refractivity contribution < 1.29 is 17.3 Å². The lowest BCUT2D eigenvalue weighted by molar-refractivity contribution is 0.444. The molecule has 4 atom stereocenters. The summed E-state index contributed by atoms with van der Waals surface area (Å²) in [7, 11) is -3.64. The highest BCUT2D eigenvalue weighted by atomic mass is 32.2. The highest BCUT2D eigenvalue weighted by Crippen LogP contribution is 2.55. The molecule has 30 nitrogen and oxygen atoms in total. The Morgan fingerprint density at radius 1 is 0.320 bits per heavy atom. The molecule has 3 aliphatic rings. The second kappa shape index (κ2) is 45.8. The fraction of sp³-hybridized carbons (Fsp3) is 0.168. The Kier molecular flexibility index (Phi) is 31.4. The van der Waals surface area contributed by atoms with Gasteiger partial charge >= 0.3 is 11.3 Å². The fourth-order valence-electron chi connectivity index (χ4n) is 16.4. The first-order valence-corrected chi connectivity index (χ1v) is 49.9. The number of aromatic nitrogens is 18. The van der Waals surface area contributed by atoms with Gasteiger partial charge in [0.2, 0.25) is 11.8 Å². The lowest BCUT2D eigenvalue weighted by Crippen LogP contribution is -2.19. The molecular formula is C119H106N20O10S. The van der Waals surface area contributed by atoms with Gasteiger partial charge < -0.3 is 34.1 Å². The first-order chi connectivity index (χ1) is 72.2. The maximum absolute atomic E-state index is 12.1. The zero-order chi connectivity index (χ0) is 106. The molecule has 12 aromatic heterocycles. The molecule has 0 bridgehead atoms. The number of anilines is 1. The Balaban J connectivity index is 0.000000119. The van der Waals surface area contributed by atoms with Gasteiger partial charge in [-0.1, -0.05) is 164 Å². The van der Waals surface area contributed by atoms with Crippen LogP contribution in [0.1, 0.15) is 188 Å². The summed E-state index contributed by atoms with van der Waals surface area (Å²) < 4.78 is 38.7. The molecule has 31 heteroatoms. The summed E-state index contributed by atoms with van der Waals surface area (Å²) in [5, 5.41) is 13.5. The topological polar surface area (TPSA) is 431 Å². The van der Waals surface area contributed by atoms with Crippen molar-refractivity contribution in [3.05, 3.63) is 470 Å². The van der Waals surface area contributed by atoms with E-state index in [2.05, 4.69) is 281 Å². The number of benzene rings is 8. The smallest absolute Gasteiger partial charge is 0.348 e. The molecule has 150 heavy (non-hydrogen) atoms. The van der Waals surface area contributed by atoms with E-state index < -0.39 is 15.6 Å². The van der Waals surface area contributed by atoms with Crippen molar-refractivity contribution in [2.24, 2.45) is 4.40 Å². The Hall–Kier alpha value is -18.5. The predicted molar refractivity (Wildman–Crippen MR) is 593 cm³/mol. The van der Waals surface area contributed by atoms with Gasteiger partial charge in [-0.3, -0.25) is 34.1 Å². The molecule has 23 rings (SSSR count). The van der Waals surface area contributed by atoms with Crippen LogP contribution in [0.5, 0.6) is 0 Å². The summed E-state index contributed by atoms with van der Waals surface area (Å²) in [6.07, 6.45) is 35.7. The van der Waals surface area contributed by atoms with E-state index in [1.807, 2.05) is 73.7 Å². The van der Waals surface area contributed by atoms with Crippen LogP contribution in [-0.4, -0.2) is 104 Å². The van der Waals surface area contributed by atoms with E-state index in [4.69, 9.17) is 8.83 Å². The molecule has 1 aliphatic heterocycles. The van der Waals surface area contributed by atoms with E-state index in [0.717, 1.165) is 52.0 Å². The van der Waals surface area contributed by atoms with Gasteiger partial charge in [0, 0.05) is 55.1 Å². The van der Waals surface area contributed by atoms with E-state index in [1.54, 1.807) is 134 Å². The van der Waals surface area contributed by atoms with Gasteiger partial charge in [0.05, 0.1) is 62.4 Å². The average molecular weight is 2010 g/mol. The third-order valence-corrected chi connectivity index (χ3v) is 27.7. The van der Waals surface area contributed by atoms with Gasteiger partial charge in [0.1, 0.15) is 51.1 Å². The number of rotatable bonds is 14. The number of hydrogen-bond donors (Lipinski definition) is 5. The molecule has 2 aliphatic carbocycles. The number of nitrogens with zero attached hydrogens (tertiary/aromatic N) is 15. The quantitative estimate of drug-likeness (QED) is 0.0675. The van der Waals surface area contributed by atoms with Crippen LogP contribution in [0.25, 0.3) is 120 Å². The number of sulfonamides is 1. The molecule has 8 aromatic carbocycles. The molecule has 20 aromatic rings. The van der Waals surface area contributed by atoms with Crippen molar-refractivity contribution in [3.63, 3.8) is 0 Å². The molecule has 748 valence electrons. The maximum Gasteiger partial charge on any atom is 0.348 e. The van der Waals surface area contributed by atoms with Crippen molar-refractivity contribution >= 4 is 142 Å². The lowest BCUT2D eigenvalue weighted by atomic mass is 10.0. The highest BCUT2D eigenvalue weighted by molar-refractivity contribution is 7.90. The molecule has 4 unspecified atom stereocenters. The number of aromatic amines is 4. The largest absolute Gasteiger partial charge is 0.408 e. The van der Waals surface area contributed by atoms with Crippen molar-refractivity contribution in [1.82, 2.24) is 89.9 Å². The molecular weight excluding hydrogens is 1900 g/mol. The zero-order valence-corrected chi connectivity index (χ0v) is 85.7. The number of hydrogen-bond acceptors (Lipinski definition) is 25. The van der Waals surface area contributed by atoms with E-state index in [-0.39, 0.29) is 44.6 Å². The second-order valence-corrected chi connectivity index (χ2v) is 38.7. The summed E-state index contributed by atoms with van der Waals surface area (Å²) in [4.78, 5) is 133. The van der Waals surface area contributed by atoms with Gasteiger partial charge in [0.15, 0.2) is 16.9 Å². The number of H-pyrrole nitrogens is 4. The maximum atomic E-state index is 12.1. The lowest BCUT2D eigenvalue weighted by Gasteiger charge is -2.15. The summed E-state index contributed by atoms with van der Waals surface area (Å²) in [6, 6.07) is 60.7. The van der Waals surface area contributed by atoms with Crippen LogP contribution >= 0.6 is 0 Å². The number of para-hydroxylation sites is 1. The highest BCUT2D eigenvalue weighted by Gasteiger charge is 2.44. The molecule has 2 fully saturated rings. The Bertz CT molecular complexity index is 8570. The second-order valence-electron chi connectivity index (χ2n) is 37.1. The van der Waals surface area contributed by atoms with Crippen molar-refractivity contribution in [2.45, 2.75) is 138 Å². The van der Waals surface area contributed by atoms with Crippen molar-refractivity contribution in [2.75, 3.05) is 5.32 Å². The molecule has 0 saturated heterocycles. The normalized spacial score (nSPS) is 14.6. The van der Waals surface area contributed by atoms with E-state index >= 15 is 0 Å². The van der Waals surface area contributed by atoms with Crippen LogP contribution in [0, 0.1) is 96.9 Å². The fourth-order valence-corrected chi connectivity index (χ4v) is 17.5. The third-order valence-electron chi connectivity index (χ3n) is 26.4. The minimum atomic E-state index is -3.64. The van der Waals surface area contributed by atoms with Crippen LogP contribution in [0.2, 0.25) is 0 Å². The monoisotopic (exact) mass is 2010 g/mol. The van der Waals surface area contributed by atoms with Gasteiger partial charge in [-0.15, -0.1) is 9.50 Å². The standard InChI is InChI=1S/C18H17N3O.C18H16N2O2.C17H15N3O.C17H16N2O2S.C17H14N2O2.2C16H14N4O/c1-10-3-4-12(7-11(10)2)13-8-14(13)17-20-16-5-6-19-9-15(16)18(22)21-17;1-10-3-4-12(7-11(10)2)14-8-15(14)17-20-16-9-19-6-5-13(16)18(21)22-17;1-11-3-4-13(9-12(11)2)5-6-16-19-15-10-18-8-7-14(15)17(21)20-16;1-12-7-8-14(11-13(12)2)9-10-17-18-15-5-3-4-6-16(15)22(20,21)19-17;1-11-5-6-13(10-12(11)2)7-8-15-19-16-14(17(20)21-15)4-3-9-18-16;1-10-3-4-12(7-11(10)2)5-6-14-19-15-13(16(21)20-14)8-17-9-18-15;1-10-3-4-12(9-11(10)2)5-6-14-18-15-13(16(21)19-14)7-8-17-20-15/h3-7,9,13-14H,8H2,1-2H3,(H,20,21,22);3-7,9,14-15H,8H2,1-2H3;3-10H,1-2H3,(H,19,20,21);3-11H,1-2H3,(H,18,19);3-10H,1-2H3;3-9H,1-2H3,(H,17,18,19,20,21);3-9H,1-2H3,(H,18,19,20,21)/b;;6-5+;10-9+;8-7+;2*6-5+. The van der Waals surface area contributed by atoms with Crippen LogP contribution < -0.4 is 38.8 Å². The van der Waals surface area contributed by atoms with E-state index in [1.165, 1.54) is 108 Å². The van der Waals surface area contributed by atoms with E-state index in [0.29, 0.717) is 113 Å².